The van der Waals surface area contributed by atoms with Gasteiger partial charge in [-0.05, 0) is 122 Å². The van der Waals surface area contributed by atoms with E-state index in [-0.39, 0.29) is 64.0 Å². The molecule has 0 aliphatic rings. The first kappa shape index (κ1) is 33.7. The third kappa shape index (κ3) is 7.32. The van der Waals surface area contributed by atoms with Gasteiger partial charge in [0.25, 0.3) is 0 Å². The van der Waals surface area contributed by atoms with Gasteiger partial charge in [0.05, 0.1) is 8.22 Å². The van der Waals surface area contributed by atoms with Gasteiger partial charge in [0.2, 0.25) is 0 Å². The summed E-state index contributed by atoms with van der Waals surface area (Å²) in [6, 6.07) is 64.9. The molecule has 0 spiro atoms. The zero-order valence-electron chi connectivity index (χ0n) is 42.2. The quantitative estimate of drug-likeness (QED) is 0.152. The Morgan fingerprint density at radius 3 is 1.41 bits per heavy atom. The van der Waals surface area contributed by atoms with Crippen molar-refractivity contribution in [2.24, 2.45) is 0 Å². The van der Waals surface area contributed by atoms with Gasteiger partial charge in [-0.15, -0.1) is 11.3 Å². The van der Waals surface area contributed by atoms with Crippen molar-refractivity contribution in [3.05, 3.63) is 236 Å². The van der Waals surface area contributed by atoms with Gasteiger partial charge in [-0.2, -0.15) is 0 Å². The van der Waals surface area contributed by atoms with Crippen LogP contribution in [0.4, 0.5) is 0 Å². The van der Waals surface area contributed by atoms with Crippen molar-refractivity contribution < 1.29 is 12.6 Å². The van der Waals surface area contributed by atoms with E-state index >= 15 is 0 Å². The fourth-order valence-corrected chi connectivity index (χ4v) is 9.90. The monoisotopic (exact) mass is 891 g/mol. The number of rotatable bonds is 8. The molecule has 0 amide bonds. The van der Waals surface area contributed by atoms with Gasteiger partial charge in [-0.25, -0.2) is 15.0 Å². The van der Waals surface area contributed by atoms with E-state index in [0.29, 0.717) is 43.3 Å². The zero-order chi connectivity index (χ0) is 50.2. The first-order valence-electron chi connectivity index (χ1n) is 25.3. The van der Waals surface area contributed by atoms with Crippen molar-refractivity contribution in [2.75, 3.05) is 0 Å². The first-order chi connectivity index (χ1) is 36.2. The Morgan fingerprint density at radius 1 is 0.294 bits per heavy atom. The minimum absolute atomic E-state index is 0.0237. The standard InChI is InChI=1S/C63H39N3OS/c1-5-13-40(14-6-1)44-21-23-45(24-22-44)61-64-62(48-27-31-57-55(37-48)53-29-25-47(38-58(53)67-57)41-15-7-2-8-16-41)66-63(65-61)49-26-30-54-56-36-46(28-32-59(56)68-60(54)39-49)52-34-50(42-17-9-3-10-18-42)33-51(35-52)43-19-11-4-12-20-43/h1-39H/i26D,28D,30D,32D,36D,39D. The first-order valence-corrected chi connectivity index (χ1v) is 23.1. The summed E-state index contributed by atoms with van der Waals surface area (Å²) in [6.07, 6.45) is 0. The molecule has 0 bridgehead atoms. The predicted molar refractivity (Wildman–Crippen MR) is 283 cm³/mol. The zero-order valence-corrected chi connectivity index (χ0v) is 37.0. The highest BCUT2D eigenvalue weighted by atomic mass is 32.1. The van der Waals surface area contributed by atoms with Gasteiger partial charge < -0.3 is 4.42 Å². The molecule has 0 aliphatic carbocycles. The molecule has 0 saturated heterocycles. The van der Waals surface area contributed by atoms with Gasteiger partial charge in [0.1, 0.15) is 11.2 Å². The molecule has 4 nitrogen and oxygen atoms in total. The van der Waals surface area contributed by atoms with E-state index in [1.165, 1.54) is 0 Å². The Labute approximate surface area is 405 Å². The molecule has 0 aliphatic heterocycles. The molecule has 0 N–H and O–H groups in total. The Kier molecular flexibility index (Phi) is 8.21. The molecule has 318 valence electrons. The average molecular weight is 892 g/mol. The summed E-state index contributed by atoms with van der Waals surface area (Å²) in [6.45, 7) is 0. The van der Waals surface area contributed by atoms with Crippen molar-refractivity contribution in [3.8, 4) is 89.8 Å². The number of hydrogen-bond acceptors (Lipinski definition) is 5. The summed E-state index contributed by atoms with van der Waals surface area (Å²) >= 11 is 1.08. The van der Waals surface area contributed by atoms with Crippen LogP contribution in [0.5, 0.6) is 0 Å². The Hall–Kier alpha value is -8.77. The van der Waals surface area contributed by atoms with Crippen LogP contribution in [0, 0.1) is 0 Å². The highest BCUT2D eigenvalue weighted by Gasteiger charge is 2.18. The van der Waals surface area contributed by atoms with Crippen molar-refractivity contribution in [1.82, 2.24) is 15.0 Å². The van der Waals surface area contributed by atoms with Crippen LogP contribution in [0.25, 0.3) is 132 Å². The van der Waals surface area contributed by atoms with E-state index in [2.05, 4.69) is 30.3 Å². The Morgan fingerprint density at radius 2 is 0.779 bits per heavy atom. The molecule has 0 saturated carbocycles. The average Bonchev–Trinajstić information content (AvgIpc) is 4.05. The van der Waals surface area contributed by atoms with Crippen LogP contribution in [0.15, 0.2) is 241 Å². The highest BCUT2D eigenvalue weighted by Crippen LogP contribution is 2.41. The van der Waals surface area contributed by atoms with E-state index < -0.39 is 0 Å². The summed E-state index contributed by atoms with van der Waals surface area (Å²) < 4.78 is 64.9. The number of furan rings is 1. The minimum atomic E-state index is -0.296. The third-order valence-electron chi connectivity index (χ3n) is 12.4. The smallest absolute Gasteiger partial charge is 0.164 e. The van der Waals surface area contributed by atoms with Crippen LogP contribution in [-0.2, 0) is 0 Å². The molecule has 13 rings (SSSR count). The molecule has 0 unspecified atom stereocenters. The SMILES string of the molecule is [2H]c1c(-c2cc(-c3ccccc3)cc(-c3ccccc3)c2)c([2H])c2c(sc3c([2H])c(-c4nc(-c5ccc(-c6ccccc6)cc5)nc(-c5ccc6oc7cc(-c8ccccc8)ccc7c6c5)n4)c([2H])c([2H])c32)c1[2H]. The van der Waals surface area contributed by atoms with E-state index in [0.717, 1.165) is 72.2 Å². The Balaban J connectivity index is 0.991. The summed E-state index contributed by atoms with van der Waals surface area (Å²) in [5.74, 6) is 0.651. The largest absolute Gasteiger partial charge is 0.456 e. The molecule has 0 fully saturated rings. The third-order valence-corrected chi connectivity index (χ3v) is 13.4. The van der Waals surface area contributed by atoms with Crippen LogP contribution < -0.4 is 0 Å². The second kappa shape index (κ2) is 16.6. The number of benzene rings is 10. The molecule has 3 aromatic heterocycles. The maximum atomic E-state index is 9.86. The van der Waals surface area contributed by atoms with Crippen LogP contribution in [0.1, 0.15) is 8.22 Å². The molecular weight excluding hydrogens is 847 g/mol. The highest BCUT2D eigenvalue weighted by molar-refractivity contribution is 7.25. The maximum Gasteiger partial charge on any atom is 0.164 e. The summed E-state index contributed by atoms with van der Waals surface area (Å²) in [5, 5.41) is 2.26. The fourth-order valence-electron chi connectivity index (χ4n) is 8.93. The van der Waals surface area contributed by atoms with E-state index in [1.54, 1.807) is 0 Å². The van der Waals surface area contributed by atoms with Crippen LogP contribution in [0.3, 0.4) is 0 Å². The summed E-state index contributed by atoms with van der Waals surface area (Å²) in [5.41, 5.74) is 11.5. The minimum Gasteiger partial charge on any atom is -0.456 e. The second-order valence-corrected chi connectivity index (χ2v) is 17.7. The van der Waals surface area contributed by atoms with Gasteiger partial charge in [0, 0.05) is 47.6 Å². The number of fused-ring (bicyclic) bond motifs is 6. The van der Waals surface area contributed by atoms with E-state index in [9.17, 15) is 8.22 Å². The lowest BCUT2D eigenvalue weighted by Gasteiger charge is -2.11. The lowest BCUT2D eigenvalue weighted by molar-refractivity contribution is 0.669. The van der Waals surface area contributed by atoms with Crippen LogP contribution >= 0.6 is 11.3 Å². The normalized spacial score (nSPS) is 12.8. The fraction of sp³-hybridized carbons (Fsp3) is 0. The molecular formula is C63H39N3OS. The molecule has 3 heterocycles. The number of hydrogen-bond donors (Lipinski definition) is 0. The van der Waals surface area contributed by atoms with Crippen LogP contribution in [-0.4, -0.2) is 15.0 Å². The number of aromatic nitrogens is 3. The Bertz CT molecular complexity index is 4300. The topological polar surface area (TPSA) is 51.8 Å². The number of thiophene rings is 1. The van der Waals surface area contributed by atoms with Gasteiger partial charge in [-0.1, -0.05) is 170 Å². The maximum absolute atomic E-state index is 9.86. The molecule has 10 aromatic carbocycles. The predicted octanol–water partition coefficient (Wildman–Crippen LogP) is 17.5. The van der Waals surface area contributed by atoms with Gasteiger partial charge in [0.15, 0.2) is 17.5 Å². The summed E-state index contributed by atoms with van der Waals surface area (Å²) in [4.78, 5) is 15.0. The van der Waals surface area contributed by atoms with Crippen molar-refractivity contribution >= 4 is 53.4 Å². The molecule has 68 heavy (non-hydrogen) atoms. The molecule has 5 heteroatoms. The van der Waals surface area contributed by atoms with Gasteiger partial charge in [-0.3, -0.25) is 0 Å². The van der Waals surface area contributed by atoms with E-state index in [4.69, 9.17) is 19.4 Å². The lowest BCUT2D eigenvalue weighted by atomic mass is 9.93. The molecule has 13 aromatic rings. The van der Waals surface area contributed by atoms with E-state index in [1.807, 2.05) is 170 Å². The van der Waals surface area contributed by atoms with Crippen molar-refractivity contribution in [2.45, 2.75) is 0 Å². The van der Waals surface area contributed by atoms with Gasteiger partial charge >= 0.3 is 0 Å². The number of nitrogens with zero attached hydrogens (tertiary/aromatic N) is 3. The second-order valence-electron chi connectivity index (χ2n) is 16.7. The van der Waals surface area contributed by atoms with Crippen LogP contribution in [0.2, 0.25) is 0 Å². The van der Waals surface area contributed by atoms with Crippen molar-refractivity contribution in [1.29, 1.82) is 0 Å². The lowest BCUT2D eigenvalue weighted by Crippen LogP contribution is -2.00. The summed E-state index contributed by atoms with van der Waals surface area (Å²) in [7, 11) is 0. The van der Waals surface area contributed by atoms with Crippen molar-refractivity contribution in [3.63, 3.8) is 0 Å². The molecule has 0 radical (unpaired) electrons. The molecule has 0 atom stereocenters.